The van der Waals surface area contributed by atoms with E-state index in [-0.39, 0.29) is 37.9 Å². The molecule has 0 aliphatic rings. The van der Waals surface area contributed by atoms with Gasteiger partial charge in [-0.15, -0.1) is 0 Å². The van der Waals surface area contributed by atoms with Crippen molar-refractivity contribution in [1.29, 1.82) is 0 Å². The molecule has 0 aliphatic heterocycles. The van der Waals surface area contributed by atoms with Gasteiger partial charge in [-0.05, 0) is 109 Å². The summed E-state index contributed by atoms with van der Waals surface area (Å²) in [6.07, 6.45) is 1.52. The number of carboxylic acid groups (broad SMARTS) is 1. The molecule has 6 amide bonds. The molecule has 1 unspecified atom stereocenters. The van der Waals surface area contributed by atoms with Crippen LogP contribution in [0.2, 0.25) is 0 Å². The number of amides is 6. The van der Waals surface area contributed by atoms with Crippen LogP contribution in [0.15, 0.2) is 48.5 Å². The Hall–Kier alpha value is -5.67. The minimum atomic E-state index is -1.36. The fourth-order valence-electron chi connectivity index (χ4n) is 5.39. The van der Waals surface area contributed by atoms with Gasteiger partial charge in [0.05, 0.1) is 0 Å². The van der Waals surface area contributed by atoms with Gasteiger partial charge in [-0.25, -0.2) is 14.4 Å². The molecule has 0 aliphatic carbocycles. The summed E-state index contributed by atoms with van der Waals surface area (Å²) >= 11 is 0. The summed E-state index contributed by atoms with van der Waals surface area (Å²) in [5.41, 5.74) is 1.77. The van der Waals surface area contributed by atoms with Gasteiger partial charge < -0.3 is 46.5 Å². The number of rotatable bonds is 20. The average Bonchev–Trinajstić information content (AvgIpc) is 3.13. The molecule has 0 heterocycles. The summed E-state index contributed by atoms with van der Waals surface area (Å²) < 4.78 is 10.6. The molecular formula is C42H62N6O10. The maximum absolute atomic E-state index is 13.9. The third-order valence-electron chi connectivity index (χ3n) is 8.49. The number of carboxylic acids is 1. The number of aryl methyl sites for hydroxylation is 1. The van der Waals surface area contributed by atoms with E-state index in [0.29, 0.717) is 0 Å². The largest absolute Gasteiger partial charge is 0.480 e. The normalized spacial score (nSPS) is 13.4. The van der Waals surface area contributed by atoms with E-state index in [1.165, 1.54) is 12.5 Å². The predicted octanol–water partition coefficient (Wildman–Crippen LogP) is 4.59. The number of alkyl carbamates (subject to hydrolysis) is 2. The molecule has 320 valence electrons. The van der Waals surface area contributed by atoms with Crippen LogP contribution < -0.4 is 31.9 Å². The first kappa shape index (κ1) is 48.5. The fourth-order valence-corrected chi connectivity index (χ4v) is 5.39. The lowest BCUT2D eigenvalue weighted by molar-refractivity contribution is -0.142. The van der Waals surface area contributed by atoms with Crippen molar-refractivity contribution in [3.05, 3.63) is 59.7 Å². The number of nitrogens with one attached hydrogen (secondary N) is 6. The zero-order valence-electron chi connectivity index (χ0n) is 35.2. The van der Waals surface area contributed by atoms with Gasteiger partial charge in [0.2, 0.25) is 17.7 Å². The molecule has 4 atom stereocenters. The van der Waals surface area contributed by atoms with E-state index in [9.17, 15) is 38.7 Å². The van der Waals surface area contributed by atoms with E-state index in [2.05, 4.69) is 51.0 Å². The number of aliphatic carboxylic acids is 1. The van der Waals surface area contributed by atoms with Gasteiger partial charge in [-0.1, -0.05) is 56.7 Å². The molecule has 0 saturated heterocycles. The van der Waals surface area contributed by atoms with Gasteiger partial charge in [-0.2, -0.15) is 0 Å². The maximum Gasteiger partial charge on any atom is 0.407 e. The first-order chi connectivity index (χ1) is 27.1. The van der Waals surface area contributed by atoms with Crippen LogP contribution in [0.1, 0.15) is 110 Å². The standard InChI is InChI=1S/C42H62N6O10/c1-10-12-13-27-14-16-28(17-15-27)29-18-20-30(21-19-29)35(50)47-33(23-25-44-40(56)58-42(7,8)9)37(52)48-32(22-24-43-39(55)57-41(4,5)6)36(51)45-26(3)34(49)46-31(11-2)38(53)54/h14-21,26,31-33H,10-13,22-25H2,1-9H3,(H,43,55)(H,44,56)(H,45,51)(H,46,49)(H,47,50)(H,48,52)(H,53,54)/t26-,31-,32?,33-/m0/s1. The number of carbonyl (C=O) groups is 7. The van der Waals surface area contributed by atoms with Crippen LogP contribution >= 0.6 is 0 Å². The highest BCUT2D eigenvalue weighted by Gasteiger charge is 2.30. The third-order valence-corrected chi connectivity index (χ3v) is 8.49. The summed E-state index contributed by atoms with van der Waals surface area (Å²) in [4.78, 5) is 90.0. The van der Waals surface area contributed by atoms with Gasteiger partial charge >= 0.3 is 18.2 Å². The van der Waals surface area contributed by atoms with Gasteiger partial charge in [0.25, 0.3) is 5.91 Å². The van der Waals surface area contributed by atoms with Crippen molar-refractivity contribution in [1.82, 2.24) is 31.9 Å². The molecule has 2 aromatic rings. The Bertz CT molecular complexity index is 1700. The van der Waals surface area contributed by atoms with E-state index in [1.807, 2.05) is 12.1 Å². The highest BCUT2D eigenvalue weighted by atomic mass is 16.6. The van der Waals surface area contributed by atoms with Crippen molar-refractivity contribution in [3.63, 3.8) is 0 Å². The van der Waals surface area contributed by atoms with E-state index < -0.39 is 77.2 Å². The quantitative estimate of drug-likeness (QED) is 0.0984. The zero-order chi connectivity index (χ0) is 43.6. The summed E-state index contributed by atoms with van der Waals surface area (Å²) in [6.45, 7) is 14.9. The first-order valence-electron chi connectivity index (χ1n) is 19.7. The number of hydrogen-bond donors (Lipinski definition) is 7. The van der Waals surface area contributed by atoms with Crippen molar-refractivity contribution in [2.24, 2.45) is 0 Å². The van der Waals surface area contributed by atoms with E-state index >= 15 is 0 Å². The molecule has 16 heteroatoms. The second-order valence-electron chi connectivity index (χ2n) is 15.9. The molecule has 58 heavy (non-hydrogen) atoms. The van der Waals surface area contributed by atoms with E-state index in [1.54, 1.807) is 72.7 Å². The molecule has 0 fully saturated rings. The van der Waals surface area contributed by atoms with E-state index in [0.717, 1.165) is 30.4 Å². The second kappa shape index (κ2) is 22.9. The Balaban J connectivity index is 2.31. The van der Waals surface area contributed by atoms with Crippen LogP contribution in [0.25, 0.3) is 11.1 Å². The first-order valence-corrected chi connectivity index (χ1v) is 19.7. The lowest BCUT2D eigenvalue weighted by atomic mass is 10.0. The third kappa shape index (κ3) is 18.1. The summed E-state index contributed by atoms with van der Waals surface area (Å²) in [5.74, 6) is -4.24. The molecule has 0 saturated carbocycles. The topological polar surface area (TPSA) is 230 Å². The van der Waals surface area contributed by atoms with Crippen LogP contribution in [0.4, 0.5) is 9.59 Å². The van der Waals surface area contributed by atoms with Gasteiger partial charge in [0, 0.05) is 18.7 Å². The average molecular weight is 811 g/mol. The second-order valence-corrected chi connectivity index (χ2v) is 15.9. The highest BCUT2D eigenvalue weighted by molar-refractivity contribution is 5.99. The zero-order valence-corrected chi connectivity index (χ0v) is 35.2. The Labute approximate surface area is 341 Å². The van der Waals surface area contributed by atoms with Gasteiger partial charge in [-0.3, -0.25) is 19.2 Å². The number of carbonyl (C=O) groups excluding carboxylic acids is 6. The molecule has 0 aromatic heterocycles. The Kier molecular flexibility index (Phi) is 19.2. The van der Waals surface area contributed by atoms with Crippen LogP contribution in [-0.2, 0) is 35.1 Å². The fraction of sp³-hybridized carbons (Fsp3) is 0.548. The minimum Gasteiger partial charge on any atom is -0.480 e. The highest BCUT2D eigenvalue weighted by Crippen LogP contribution is 2.21. The molecule has 2 rings (SSSR count). The summed E-state index contributed by atoms with van der Waals surface area (Å²) in [5, 5.41) is 24.6. The Morgan fingerprint density at radius 1 is 0.621 bits per heavy atom. The van der Waals surface area contributed by atoms with Crippen LogP contribution in [0, 0.1) is 0 Å². The Morgan fingerprint density at radius 3 is 1.52 bits per heavy atom. The summed E-state index contributed by atoms with van der Waals surface area (Å²) in [7, 11) is 0. The molecule has 2 aromatic carbocycles. The smallest absolute Gasteiger partial charge is 0.407 e. The molecule has 0 spiro atoms. The van der Waals surface area contributed by atoms with Crippen molar-refractivity contribution < 1.29 is 48.1 Å². The van der Waals surface area contributed by atoms with Gasteiger partial charge in [0.1, 0.15) is 35.4 Å². The molecule has 0 bridgehead atoms. The SMILES string of the molecule is CCCCc1ccc(-c2ccc(C(=O)N[C@@H](CCNC(=O)OC(C)(C)C)C(=O)NC(CCNC(=O)OC(C)(C)C)C(=O)N[C@@H](C)C(=O)N[C@@H](CC)C(=O)O)cc2)cc1. The van der Waals surface area contributed by atoms with E-state index in [4.69, 9.17) is 9.47 Å². The van der Waals surface area contributed by atoms with Crippen molar-refractivity contribution in [2.75, 3.05) is 13.1 Å². The minimum absolute atomic E-state index is 0.100. The van der Waals surface area contributed by atoms with Crippen LogP contribution in [0.3, 0.4) is 0 Å². The molecular weight excluding hydrogens is 748 g/mol. The lowest BCUT2D eigenvalue weighted by Gasteiger charge is -2.25. The molecule has 16 nitrogen and oxygen atoms in total. The number of ether oxygens (including phenoxy) is 2. The number of benzene rings is 2. The summed E-state index contributed by atoms with van der Waals surface area (Å²) in [6, 6.07) is 10.0. The molecule has 0 radical (unpaired) electrons. The van der Waals surface area contributed by atoms with Crippen molar-refractivity contribution >= 4 is 41.8 Å². The van der Waals surface area contributed by atoms with Crippen molar-refractivity contribution in [3.8, 4) is 11.1 Å². The monoisotopic (exact) mass is 810 g/mol. The predicted molar refractivity (Wildman–Crippen MR) is 219 cm³/mol. The van der Waals surface area contributed by atoms with Crippen LogP contribution in [-0.4, -0.2) is 95.4 Å². The Morgan fingerprint density at radius 2 is 1.07 bits per heavy atom. The molecule has 7 N–H and O–H groups in total. The number of unbranched alkanes of at least 4 members (excludes halogenated alkanes) is 1. The maximum atomic E-state index is 13.9. The number of hydrogen-bond acceptors (Lipinski definition) is 9. The van der Waals surface area contributed by atoms with Crippen LogP contribution in [0.5, 0.6) is 0 Å². The van der Waals surface area contributed by atoms with Crippen molar-refractivity contribution in [2.45, 2.75) is 136 Å². The lowest BCUT2D eigenvalue weighted by Crippen LogP contribution is -2.57. The van der Waals surface area contributed by atoms with Gasteiger partial charge in [0.15, 0.2) is 0 Å².